The van der Waals surface area contributed by atoms with Crippen LogP contribution >= 0.6 is 0 Å². The van der Waals surface area contributed by atoms with Crippen molar-refractivity contribution in [3.8, 4) is 5.75 Å². The molecular formula is C15H14FNO2. The number of hydrogen-bond acceptors (Lipinski definition) is 2. The van der Waals surface area contributed by atoms with Crippen LogP contribution in [0.5, 0.6) is 5.75 Å². The summed E-state index contributed by atoms with van der Waals surface area (Å²) < 4.78 is 12.8. The smallest absolute Gasteiger partial charge is 0.255 e. The standard InChI is InChI=1S/C15H14FNO2/c1-9-3-8-13(10(2)14(9)18)17-15(19)11-4-6-12(16)7-5-11/h3-8,18H,1-2H3,(H,17,19). The number of aromatic hydroxyl groups is 1. The molecule has 0 bridgehead atoms. The van der Waals surface area contributed by atoms with Gasteiger partial charge in [-0.3, -0.25) is 4.79 Å². The lowest BCUT2D eigenvalue weighted by Gasteiger charge is -2.11. The molecule has 1 amide bonds. The highest BCUT2D eigenvalue weighted by molar-refractivity contribution is 6.04. The Kier molecular flexibility index (Phi) is 3.51. The van der Waals surface area contributed by atoms with Crippen LogP contribution in [0.1, 0.15) is 21.5 Å². The molecule has 0 aromatic heterocycles. The van der Waals surface area contributed by atoms with E-state index in [4.69, 9.17) is 0 Å². The van der Waals surface area contributed by atoms with Crippen molar-refractivity contribution in [2.45, 2.75) is 13.8 Å². The first-order valence-electron chi connectivity index (χ1n) is 5.85. The van der Waals surface area contributed by atoms with Crippen LogP contribution in [0.25, 0.3) is 0 Å². The van der Waals surface area contributed by atoms with E-state index in [1.807, 2.05) is 0 Å². The molecule has 0 heterocycles. The summed E-state index contributed by atoms with van der Waals surface area (Å²) in [4.78, 5) is 12.0. The van der Waals surface area contributed by atoms with Gasteiger partial charge in [-0.25, -0.2) is 4.39 Å². The Morgan fingerprint density at radius 2 is 1.74 bits per heavy atom. The van der Waals surface area contributed by atoms with Gasteiger partial charge in [-0.05, 0) is 49.7 Å². The Bertz CT molecular complexity index is 621. The second-order valence-electron chi connectivity index (χ2n) is 4.36. The number of anilines is 1. The number of benzene rings is 2. The maximum Gasteiger partial charge on any atom is 0.255 e. The van der Waals surface area contributed by atoms with Crippen LogP contribution in [-0.4, -0.2) is 11.0 Å². The molecule has 0 saturated heterocycles. The number of nitrogens with one attached hydrogen (secondary N) is 1. The molecule has 98 valence electrons. The third-order valence-electron chi connectivity index (χ3n) is 2.99. The molecule has 0 unspecified atom stereocenters. The molecule has 0 aliphatic heterocycles. The lowest BCUT2D eigenvalue weighted by atomic mass is 10.1. The van der Waals surface area contributed by atoms with Gasteiger partial charge in [-0.15, -0.1) is 0 Å². The average Bonchev–Trinajstić information content (AvgIpc) is 2.40. The molecule has 0 spiro atoms. The Morgan fingerprint density at radius 3 is 2.37 bits per heavy atom. The minimum absolute atomic E-state index is 0.164. The van der Waals surface area contributed by atoms with E-state index in [1.54, 1.807) is 26.0 Å². The zero-order valence-corrected chi connectivity index (χ0v) is 10.7. The van der Waals surface area contributed by atoms with Crippen LogP contribution in [0.2, 0.25) is 0 Å². The highest BCUT2D eigenvalue weighted by atomic mass is 19.1. The molecule has 0 aliphatic carbocycles. The molecule has 19 heavy (non-hydrogen) atoms. The fourth-order valence-electron chi connectivity index (χ4n) is 1.77. The van der Waals surface area contributed by atoms with E-state index >= 15 is 0 Å². The van der Waals surface area contributed by atoms with E-state index in [0.29, 0.717) is 16.8 Å². The minimum atomic E-state index is -0.388. The maximum absolute atomic E-state index is 12.8. The van der Waals surface area contributed by atoms with E-state index in [-0.39, 0.29) is 17.5 Å². The largest absolute Gasteiger partial charge is 0.507 e. The van der Waals surface area contributed by atoms with Gasteiger partial charge in [-0.1, -0.05) is 6.07 Å². The fourth-order valence-corrected chi connectivity index (χ4v) is 1.77. The van der Waals surface area contributed by atoms with E-state index < -0.39 is 0 Å². The summed E-state index contributed by atoms with van der Waals surface area (Å²) in [7, 11) is 0. The van der Waals surface area contributed by atoms with E-state index in [9.17, 15) is 14.3 Å². The predicted octanol–water partition coefficient (Wildman–Crippen LogP) is 3.40. The number of aryl methyl sites for hydroxylation is 1. The van der Waals surface area contributed by atoms with Crippen molar-refractivity contribution in [3.05, 3.63) is 58.9 Å². The van der Waals surface area contributed by atoms with Crippen LogP contribution in [0, 0.1) is 19.7 Å². The molecule has 0 fully saturated rings. The summed E-state index contributed by atoms with van der Waals surface area (Å²) in [6.45, 7) is 3.51. The molecule has 2 rings (SSSR count). The van der Waals surface area contributed by atoms with Crippen LogP contribution < -0.4 is 5.32 Å². The van der Waals surface area contributed by atoms with Gasteiger partial charge < -0.3 is 10.4 Å². The summed E-state index contributed by atoms with van der Waals surface area (Å²) in [6, 6.07) is 8.74. The fraction of sp³-hybridized carbons (Fsp3) is 0.133. The quantitative estimate of drug-likeness (QED) is 0.868. The van der Waals surface area contributed by atoms with E-state index in [1.165, 1.54) is 24.3 Å². The summed E-state index contributed by atoms with van der Waals surface area (Å²) in [5.41, 5.74) is 2.26. The van der Waals surface area contributed by atoms with Crippen molar-refractivity contribution >= 4 is 11.6 Å². The number of carbonyl (C=O) groups excluding carboxylic acids is 1. The highest BCUT2D eigenvalue weighted by Crippen LogP contribution is 2.28. The molecule has 0 atom stereocenters. The minimum Gasteiger partial charge on any atom is -0.507 e. The number of amides is 1. The van der Waals surface area contributed by atoms with Gasteiger partial charge >= 0.3 is 0 Å². The Balaban J connectivity index is 2.24. The van der Waals surface area contributed by atoms with E-state index in [2.05, 4.69) is 5.32 Å². The number of halogens is 1. The Hall–Kier alpha value is -2.36. The van der Waals surface area contributed by atoms with Gasteiger partial charge in [-0.2, -0.15) is 0 Å². The zero-order valence-electron chi connectivity index (χ0n) is 10.7. The van der Waals surface area contributed by atoms with Crippen molar-refractivity contribution in [2.75, 3.05) is 5.32 Å². The summed E-state index contributed by atoms with van der Waals surface area (Å²) in [5.74, 6) is -0.566. The first-order valence-corrected chi connectivity index (χ1v) is 5.85. The third-order valence-corrected chi connectivity index (χ3v) is 2.99. The summed E-state index contributed by atoms with van der Waals surface area (Å²) in [5, 5.41) is 12.5. The first-order chi connectivity index (χ1) is 8.99. The molecular weight excluding hydrogens is 245 g/mol. The van der Waals surface area contributed by atoms with Gasteiger partial charge in [0.25, 0.3) is 5.91 Å². The van der Waals surface area contributed by atoms with E-state index in [0.717, 1.165) is 5.56 Å². The van der Waals surface area contributed by atoms with Gasteiger partial charge in [0, 0.05) is 16.8 Å². The molecule has 2 N–H and O–H groups in total. The molecule has 0 radical (unpaired) electrons. The third kappa shape index (κ3) is 2.73. The number of phenols is 1. The second kappa shape index (κ2) is 5.10. The number of hydrogen-bond donors (Lipinski definition) is 2. The molecule has 2 aromatic carbocycles. The number of phenolic OH excluding ortho intramolecular Hbond substituents is 1. The molecule has 0 aliphatic rings. The average molecular weight is 259 g/mol. The molecule has 3 nitrogen and oxygen atoms in total. The van der Waals surface area contributed by atoms with Crippen molar-refractivity contribution in [3.63, 3.8) is 0 Å². The van der Waals surface area contributed by atoms with Gasteiger partial charge in [0.1, 0.15) is 11.6 Å². The SMILES string of the molecule is Cc1ccc(NC(=O)c2ccc(F)cc2)c(C)c1O. The number of rotatable bonds is 2. The monoisotopic (exact) mass is 259 g/mol. The van der Waals surface area contributed by atoms with Crippen LogP contribution in [0.15, 0.2) is 36.4 Å². The first kappa shape index (κ1) is 13.1. The predicted molar refractivity (Wildman–Crippen MR) is 71.9 cm³/mol. The van der Waals surface area contributed by atoms with Gasteiger partial charge in [0.05, 0.1) is 0 Å². The van der Waals surface area contributed by atoms with Crippen molar-refractivity contribution < 1.29 is 14.3 Å². The lowest BCUT2D eigenvalue weighted by molar-refractivity contribution is 0.102. The topological polar surface area (TPSA) is 49.3 Å². The summed E-state index contributed by atoms with van der Waals surface area (Å²) >= 11 is 0. The van der Waals surface area contributed by atoms with Crippen molar-refractivity contribution in [1.82, 2.24) is 0 Å². The summed E-state index contributed by atoms with van der Waals surface area (Å²) in [6.07, 6.45) is 0. The Morgan fingerprint density at radius 1 is 1.11 bits per heavy atom. The normalized spacial score (nSPS) is 10.3. The zero-order chi connectivity index (χ0) is 14.0. The lowest BCUT2D eigenvalue weighted by Crippen LogP contribution is -2.12. The molecule has 0 saturated carbocycles. The Labute approximate surface area is 110 Å². The molecule has 2 aromatic rings. The van der Waals surface area contributed by atoms with Crippen molar-refractivity contribution in [2.24, 2.45) is 0 Å². The molecule has 4 heteroatoms. The van der Waals surface area contributed by atoms with Crippen LogP contribution in [-0.2, 0) is 0 Å². The van der Waals surface area contributed by atoms with Crippen molar-refractivity contribution in [1.29, 1.82) is 0 Å². The number of carbonyl (C=O) groups is 1. The maximum atomic E-state index is 12.8. The van der Waals surface area contributed by atoms with Gasteiger partial charge in [0.15, 0.2) is 0 Å². The van der Waals surface area contributed by atoms with Gasteiger partial charge in [0.2, 0.25) is 0 Å². The van der Waals surface area contributed by atoms with Crippen LogP contribution in [0.3, 0.4) is 0 Å². The van der Waals surface area contributed by atoms with Crippen LogP contribution in [0.4, 0.5) is 10.1 Å². The highest BCUT2D eigenvalue weighted by Gasteiger charge is 2.10. The second-order valence-corrected chi connectivity index (χ2v) is 4.36.